The Morgan fingerprint density at radius 1 is 1.07 bits per heavy atom. The number of benzene rings is 3. The van der Waals surface area contributed by atoms with Crippen LogP contribution in [0.25, 0.3) is 6.08 Å². The molecule has 1 fully saturated rings. The number of nitro benzene ring substituents is 1. The first kappa shape index (κ1) is 29.3. The van der Waals surface area contributed by atoms with Crippen molar-refractivity contribution in [3.8, 4) is 5.75 Å². The number of halogens is 1. The Kier molecular flexibility index (Phi) is 9.29. The van der Waals surface area contributed by atoms with Gasteiger partial charge in [0.1, 0.15) is 11.5 Å². The van der Waals surface area contributed by atoms with Gasteiger partial charge in [0.15, 0.2) is 11.8 Å². The summed E-state index contributed by atoms with van der Waals surface area (Å²) in [5.41, 5.74) is 1.74. The minimum absolute atomic E-state index is 0.0359. The fourth-order valence-corrected chi connectivity index (χ4v) is 4.91. The zero-order valence-corrected chi connectivity index (χ0v) is 23.8. The third-order valence-corrected chi connectivity index (χ3v) is 7.18. The van der Waals surface area contributed by atoms with Crippen LogP contribution in [0.1, 0.15) is 16.9 Å². The highest BCUT2D eigenvalue weighted by Gasteiger charge is 2.34. The Balaban J connectivity index is 1.33. The molecule has 216 valence electrons. The lowest BCUT2D eigenvalue weighted by atomic mass is 10.2. The average Bonchev–Trinajstić information content (AvgIpc) is 3.62. The molecular formula is C30H22ClN5O6S. The molecule has 5 rings (SSSR count). The van der Waals surface area contributed by atoms with E-state index in [-0.39, 0.29) is 30.7 Å². The highest BCUT2D eigenvalue weighted by Crippen LogP contribution is 2.35. The summed E-state index contributed by atoms with van der Waals surface area (Å²) in [7, 11) is 0. The Morgan fingerprint density at radius 3 is 2.56 bits per heavy atom. The van der Waals surface area contributed by atoms with E-state index in [2.05, 4.69) is 15.5 Å². The highest BCUT2D eigenvalue weighted by molar-refractivity contribution is 8.18. The molecule has 1 N–H and O–H groups in total. The molecule has 0 aliphatic carbocycles. The summed E-state index contributed by atoms with van der Waals surface area (Å²) in [5.74, 6) is 0.286. The van der Waals surface area contributed by atoms with Crippen molar-refractivity contribution in [3.63, 3.8) is 0 Å². The number of carbonyl (C=O) groups excluding carboxylic acids is 2. The molecule has 0 atom stereocenters. The predicted octanol–water partition coefficient (Wildman–Crippen LogP) is 6.37. The zero-order valence-electron chi connectivity index (χ0n) is 22.3. The molecule has 11 nitrogen and oxygen atoms in total. The molecular weight excluding hydrogens is 594 g/mol. The van der Waals surface area contributed by atoms with Crippen LogP contribution in [0.5, 0.6) is 5.75 Å². The van der Waals surface area contributed by atoms with Crippen LogP contribution in [-0.4, -0.2) is 39.6 Å². The normalized spacial score (nSPS) is 15.0. The Hall–Kier alpha value is -5.20. The van der Waals surface area contributed by atoms with E-state index in [0.717, 1.165) is 11.8 Å². The van der Waals surface area contributed by atoms with Gasteiger partial charge in [-0.3, -0.25) is 24.6 Å². The molecule has 1 saturated heterocycles. The molecule has 0 spiro atoms. The maximum Gasteiger partial charge on any atom is 0.269 e. The fraction of sp³-hybridized carbons (Fsp3) is 0.0667. The van der Waals surface area contributed by atoms with Gasteiger partial charge in [-0.25, -0.2) is 0 Å². The van der Waals surface area contributed by atoms with Gasteiger partial charge in [-0.15, -0.1) is 5.10 Å². The second kappa shape index (κ2) is 13.6. The first-order valence-electron chi connectivity index (χ1n) is 12.7. The monoisotopic (exact) mass is 615 g/mol. The van der Waals surface area contributed by atoms with Crippen molar-refractivity contribution in [2.75, 3.05) is 11.9 Å². The van der Waals surface area contributed by atoms with Crippen LogP contribution < -0.4 is 10.1 Å². The van der Waals surface area contributed by atoms with Gasteiger partial charge < -0.3 is 14.5 Å². The van der Waals surface area contributed by atoms with Gasteiger partial charge in [0, 0.05) is 28.4 Å². The molecule has 13 heteroatoms. The average molecular weight is 616 g/mol. The van der Waals surface area contributed by atoms with Crippen LogP contribution >= 0.6 is 23.4 Å². The van der Waals surface area contributed by atoms with Gasteiger partial charge in [0.25, 0.3) is 17.5 Å². The van der Waals surface area contributed by atoms with E-state index in [4.69, 9.17) is 20.8 Å². The van der Waals surface area contributed by atoms with E-state index in [1.807, 2.05) is 0 Å². The maximum absolute atomic E-state index is 13.5. The topological polar surface area (TPSA) is 140 Å². The van der Waals surface area contributed by atoms with E-state index in [1.54, 1.807) is 78.9 Å². The smallest absolute Gasteiger partial charge is 0.269 e. The molecule has 0 bridgehead atoms. The van der Waals surface area contributed by atoms with Crippen LogP contribution in [0, 0.1) is 10.1 Å². The maximum atomic E-state index is 13.5. The quantitative estimate of drug-likeness (QED) is 0.0946. The Labute approximate surface area is 254 Å². The number of para-hydroxylation sites is 1. The minimum Gasteiger partial charge on any atom is -0.483 e. The van der Waals surface area contributed by atoms with E-state index >= 15 is 0 Å². The molecule has 43 heavy (non-hydrogen) atoms. The van der Waals surface area contributed by atoms with Crippen LogP contribution in [0.4, 0.5) is 11.4 Å². The first-order chi connectivity index (χ1) is 20.9. The van der Waals surface area contributed by atoms with E-state index in [0.29, 0.717) is 43.4 Å². The van der Waals surface area contributed by atoms with Crippen molar-refractivity contribution in [1.82, 2.24) is 4.90 Å². The van der Waals surface area contributed by atoms with Gasteiger partial charge in [0.2, 0.25) is 0 Å². The number of carbonyl (C=O) groups is 2. The van der Waals surface area contributed by atoms with Crippen molar-refractivity contribution in [1.29, 1.82) is 0 Å². The molecule has 3 aromatic carbocycles. The number of nitro groups is 1. The third kappa shape index (κ3) is 7.76. The molecule has 2 amide bonds. The SMILES string of the molecule is O=C(COc1ccccc1/C=C1\S/C(=N\N=C\c2ccc([N+](=O)[O-])cc2)N(Cc2ccco2)C1=O)Nc1ccc(Cl)cc1. The number of hydrogen-bond donors (Lipinski definition) is 1. The molecule has 2 heterocycles. The highest BCUT2D eigenvalue weighted by atomic mass is 35.5. The summed E-state index contributed by atoms with van der Waals surface area (Å²) in [6, 6.07) is 23.0. The molecule has 0 saturated carbocycles. The number of anilines is 1. The summed E-state index contributed by atoms with van der Waals surface area (Å²) in [5, 5.41) is 22.9. The van der Waals surface area contributed by atoms with Crippen molar-refractivity contribution in [3.05, 3.63) is 128 Å². The van der Waals surface area contributed by atoms with E-state index < -0.39 is 4.92 Å². The number of furan rings is 1. The van der Waals surface area contributed by atoms with Crippen LogP contribution in [0.3, 0.4) is 0 Å². The van der Waals surface area contributed by atoms with Gasteiger partial charge in [0.05, 0.1) is 28.9 Å². The zero-order chi connectivity index (χ0) is 30.2. The number of thioether (sulfide) groups is 1. The lowest BCUT2D eigenvalue weighted by Crippen LogP contribution is -2.28. The Bertz CT molecular complexity index is 1720. The summed E-state index contributed by atoms with van der Waals surface area (Å²) >= 11 is 7.01. The molecule has 0 radical (unpaired) electrons. The second-order valence-electron chi connectivity index (χ2n) is 8.94. The fourth-order valence-electron chi connectivity index (χ4n) is 3.85. The summed E-state index contributed by atoms with van der Waals surface area (Å²) in [6.45, 7) is -0.121. The number of nitrogens with zero attached hydrogens (tertiary/aromatic N) is 4. The molecule has 1 aliphatic heterocycles. The van der Waals surface area contributed by atoms with Gasteiger partial charge in [-0.1, -0.05) is 29.8 Å². The molecule has 0 unspecified atom stereocenters. The lowest BCUT2D eigenvalue weighted by molar-refractivity contribution is -0.384. The summed E-state index contributed by atoms with van der Waals surface area (Å²) in [4.78, 5) is 38.1. The predicted molar refractivity (Wildman–Crippen MR) is 165 cm³/mol. The standard InChI is InChI=1S/C30H22ClN5O6S/c31-22-9-11-23(12-10-22)33-28(37)19-42-26-6-2-1-4-21(26)16-27-29(38)35(18-25-5-3-15-41-25)30(43-27)34-32-17-20-7-13-24(14-8-20)36(39)40/h1-17H,18-19H2,(H,33,37)/b27-16-,32-17+,34-30-. The molecule has 1 aromatic heterocycles. The number of hydrogen-bond acceptors (Lipinski definition) is 9. The van der Waals surface area contributed by atoms with Crippen molar-refractivity contribution in [2.24, 2.45) is 10.2 Å². The Morgan fingerprint density at radius 2 is 1.84 bits per heavy atom. The van der Waals surface area contributed by atoms with Crippen molar-refractivity contribution >= 4 is 64.0 Å². The van der Waals surface area contributed by atoms with Gasteiger partial charge in [-0.2, -0.15) is 5.10 Å². The molecule has 1 aliphatic rings. The summed E-state index contributed by atoms with van der Waals surface area (Å²) in [6.07, 6.45) is 4.61. The lowest BCUT2D eigenvalue weighted by Gasteiger charge is -2.12. The molecule has 4 aromatic rings. The van der Waals surface area contributed by atoms with Crippen LogP contribution in [0.2, 0.25) is 5.02 Å². The summed E-state index contributed by atoms with van der Waals surface area (Å²) < 4.78 is 11.2. The van der Waals surface area contributed by atoms with E-state index in [9.17, 15) is 19.7 Å². The van der Waals surface area contributed by atoms with E-state index in [1.165, 1.54) is 29.5 Å². The number of ether oxygens (including phenoxy) is 1. The van der Waals surface area contributed by atoms with Gasteiger partial charge >= 0.3 is 0 Å². The van der Waals surface area contributed by atoms with Crippen LogP contribution in [-0.2, 0) is 16.1 Å². The number of amidine groups is 1. The number of nitrogens with one attached hydrogen (secondary N) is 1. The largest absolute Gasteiger partial charge is 0.483 e. The number of amides is 2. The second-order valence-corrected chi connectivity index (χ2v) is 10.4. The van der Waals surface area contributed by atoms with Gasteiger partial charge in [-0.05, 0) is 78.0 Å². The minimum atomic E-state index is -0.484. The van der Waals surface area contributed by atoms with Crippen molar-refractivity contribution in [2.45, 2.75) is 6.54 Å². The van der Waals surface area contributed by atoms with Crippen LogP contribution in [0.15, 0.2) is 111 Å². The third-order valence-electron chi connectivity index (χ3n) is 5.93. The first-order valence-corrected chi connectivity index (χ1v) is 13.9. The number of non-ortho nitro benzene ring substituents is 1. The van der Waals surface area contributed by atoms with Crippen molar-refractivity contribution < 1.29 is 23.7 Å². The number of rotatable bonds is 10.